The van der Waals surface area contributed by atoms with Crippen LogP contribution in [-0.4, -0.2) is 41.7 Å². The van der Waals surface area contributed by atoms with Crippen LogP contribution >= 0.6 is 0 Å². The lowest BCUT2D eigenvalue weighted by Crippen LogP contribution is -2.17. The largest absolute Gasteiger partial charge is 0.573 e. The van der Waals surface area contributed by atoms with Gasteiger partial charge in [0, 0.05) is 23.9 Å². The number of benzene rings is 2. The minimum Gasteiger partial charge on any atom is -0.496 e. The van der Waals surface area contributed by atoms with Gasteiger partial charge in [0.25, 0.3) is 0 Å². The molecule has 0 bridgehead atoms. The number of ether oxygens (including phenoxy) is 2. The molecule has 2 aromatic carbocycles. The summed E-state index contributed by atoms with van der Waals surface area (Å²) in [7, 11) is 1.12. The molecule has 1 heterocycles. The van der Waals surface area contributed by atoms with E-state index in [1.54, 1.807) is 0 Å². The second-order valence-corrected chi connectivity index (χ2v) is 6.73. The van der Waals surface area contributed by atoms with E-state index in [-0.39, 0.29) is 47.6 Å². The molecule has 0 spiro atoms. The van der Waals surface area contributed by atoms with E-state index in [2.05, 4.69) is 25.3 Å². The molecule has 0 aliphatic carbocycles. The smallest absolute Gasteiger partial charge is 0.496 e. The van der Waals surface area contributed by atoms with Crippen molar-refractivity contribution in [2.75, 3.05) is 30.9 Å². The number of aromatic nitrogens is 2. The highest BCUT2D eigenvalue weighted by atomic mass is 19.4. The van der Waals surface area contributed by atoms with Crippen LogP contribution in [-0.2, 0) is 6.18 Å². The van der Waals surface area contributed by atoms with Crippen LogP contribution in [0.2, 0.25) is 0 Å². The maximum absolute atomic E-state index is 13.3. The summed E-state index contributed by atoms with van der Waals surface area (Å²) in [4.78, 5) is 8.33. The van der Waals surface area contributed by atoms with E-state index in [0.29, 0.717) is 0 Å². The first-order valence-corrected chi connectivity index (χ1v) is 9.61. The van der Waals surface area contributed by atoms with E-state index in [0.717, 1.165) is 31.4 Å². The maximum atomic E-state index is 13.3. The lowest BCUT2D eigenvalue weighted by atomic mass is 10.1. The summed E-state index contributed by atoms with van der Waals surface area (Å²) in [6, 6.07) is 9.66. The zero-order valence-electron chi connectivity index (χ0n) is 17.5. The van der Waals surface area contributed by atoms with E-state index >= 15 is 0 Å². The van der Waals surface area contributed by atoms with Crippen LogP contribution < -0.4 is 20.1 Å². The number of halogens is 6. The molecule has 0 radical (unpaired) electrons. The van der Waals surface area contributed by atoms with Gasteiger partial charge in [-0.2, -0.15) is 18.2 Å². The first-order valence-electron chi connectivity index (χ1n) is 9.61. The number of aliphatic hydroxyl groups excluding tert-OH is 1. The number of anilines is 3. The van der Waals surface area contributed by atoms with Crippen molar-refractivity contribution >= 4 is 17.5 Å². The molecule has 0 amide bonds. The molecule has 3 rings (SSSR count). The molecule has 0 unspecified atom stereocenters. The van der Waals surface area contributed by atoms with Crippen LogP contribution in [0.25, 0.3) is 11.3 Å². The first kappa shape index (κ1) is 24.9. The molecule has 13 heteroatoms. The third-order valence-electron chi connectivity index (χ3n) is 4.26. The van der Waals surface area contributed by atoms with Gasteiger partial charge in [0.15, 0.2) is 0 Å². The summed E-state index contributed by atoms with van der Waals surface area (Å²) >= 11 is 0. The second-order valence-electron chi connectivity index (χ2n) is 6.73. The molecular weight excluding hydrogens is 470 g/mol. The van der Waals surface area contributed by atoms with E-state index in [1.165, 1.54) is 24.3 Å². The highest BCUT2D eigenvalue weighted by molar-refractivity contribution is 5.69. The van der Waals surface area contributed by atoms with Crippen molar-refractivity contribution in [2.24, 2.45) is 0 Å². The van der Waals surface area contributed by atoms with E-state index in [1.807, 2.05) is 0 Å². The Morgan fingerprint density at radius 3 is 2.38 bits per heavy atom. The van der Waals surface area contributed by atoms with Crippen molar-refractivity contribution in [3.8, 4) is 22.8 Å². The van der Waals surface area contributed by atoms with Gasteiger partial charge in [0.05, 0.1) is 25.0 Å². The van der Waals surface area contributed by atoms with Gasteiger partial charge in [-0.15, -0.1) is 13.2 Å². The Kier molecular flexibility index (Phi) is 7.35. The Balaban J connectivity index is 2.00. The fourth-order valence-corrected chi connectivity index (χ4v) is 2.91. The molecule has 0 aliphatic heterocycles. The van der Waals surface area contributed by atoms with E-state index < -0.39 is 23.9 Å². The van der Waals surface area contributed by atoms with Gasteiger partial charge < -0.3 is 25.2 Å². The molecule has 34 heavy (non-hydrogen) atoms. The average molecular weight is 488 g/mol. The number of nitrogens with one attached hydrogen (secondary N) is 2. The molecule has 0 saturated heterocycles. The zero-order chi connectivity index (χ0) is 24.9. The molecular formula is C21H18F6N4O3. The van der Waals surface area contributed by atoms with E-state index in [4.69, 9.17) is 9.84 Å². The van der Waals surface area contributed by atoms with Gasteiger partial charge in [-0.25, -0.2) is 4.98 Å². The summed E-state index contributed by atoms with van der Waals surface area (Å²) in [5, 5.41) is 14.5. The molecule has 1 aromatic heterocycles. The molecule has 0 fully saturated rings. The Labute approximate surface area is 189 Å². The normalized spacial score (nSPS) is 11.8. The molecule has 182 valence electrons. The topological polar surface area (TPSA) is 88.5 Å². The van der Waals surface area contributed by atoms with Crippen LogP contribution in [0.4, 0.5) is 43.8 Å². The molecule has 0 saturated carbocycles. The summed E-state index contributed by atoms with van der Waals surface area (Å²) in [5.74, 6) is -0.812. The monoisotopic (exact) mass is 488 g/mol. The fraction of sp³-hybridized carbons (Fsp3) is 0.238. The molecule has 0 aliphatic rings. The Bertz CT molecular complexity index is 1140. The van der Waals surface area contributed by atoms with Gasteiger partial charge in [0.2, 0.25) is 5.95 Å². The Morgan fingerprint density at radius 2 is 1.74 bits per heavy atom. The van der Waals surface area contributed by atoms with Crippen molar-refractivity contribution in [1.29, 1.82) is 0 Å². The van der Waals surface area contributed by atoms with Crippen LogP contribution in [0, 0.1) is 0 Å². The average Bonchev–Trinajstić information content (AvgIpc) is 2.76. The number of hydrogen-bond donors (Lipinski definition) is 3. The summed E-state index contributed by atoms with van der Waals surface area (Å²) in [6.07, 6.45) is -9.57. The third-order valence-corrected chi connectivity index (χ3v) is 4.26. The number of nitrogens with zero attached hydrogens (tertiary/aromatic N) is 2. The first-order chi connectivity index (χ1) is 16.0. The van der Waals surface area contributed by atoms with E-state index in [9.17, 15) is 26.3 Å². The van der Waals surface area contributed by atoms with Crippen LogP contribution in [0.5, 0.6) is 11.5 Å². The molecule has 3 aromatic rings. The van der Waals surface area contributed by atoms with Gasteiger partial charge >= 0.3 is 12.5 Å². The Hall–Kier alpha value is -3.74. The van der Waals surface area contributed by atoms with Crippen molar-refractivity contribution in [2.45, 2.75) is 12.5 Å². The maximum Gasteiger partial charge on any atom is 0.573 e. The van der Waals surface area contributed by atoms with Crippen molar-refractivity contribution < 1.29 is 40.9 Å². The number of hydrogen-bond acceptors (Lipinski definition) is 7. The van der Waals surface area contributed by atoms with Gasteiger partial charge in [-0.05, 0) is 30.3 Å². The zero-order valence-corrected chi connectivity index (χ0v) is 17.5. The van der Waals surface area contributed by atoms with Gasteiger partial charge in [0.1, 0.15) is 17.3 Å². The summed E-state index contributed by atoms with van der Waals surface area (Å²) < 4.78 is 86.4. The third kappa shape index (κ3) is 6.63. The van der Waals surface area contributed by atoms with Crippen molar-refractivity contribution in [3.05, 3.63) is 54.1 Å². The lowest BCUT2D eigenvalue weighted by Gasteiger charge is -2.15. The van der Waals surface area contributed by atoms with Crippen LogP contribution in [0.15, 0.2) is 48.5 Å². The summed E-state index contributed by atoms with van der Waals surface area (Å²) in [5.41, 5.74) is -0.606. The predicted octanol–water partition coefficient (Wildman–Crippen LogP) is 5.22. The summed E-state index contributed by atoms with van der Waals surface area (Å²) in [6.45, 7) is -0.209. The standard InChI is InChI=1S/C21H18F6N4O3/c1-33-17-6-5-13(10-15(17)20(22,23)24)29-18-11-16(30-19(31-18)28-7-8-32)12-3-2-4-14(9-12)34-21(25,26)27/h2-6,9-11,32H,7-8H2,1H3,(H2,28,29,30,31). The van der Waals surface area contributed by atoms with Crippen LogP contribution in [0.3, 0.4) is 0 Å². The Morgan fingerprint density at radius 1 is 0.971 bits per heavy atom. The van der Waals surface area contributed by atoms with Crippen molar-refractivity contribution in [1.82, 2.24) is 9.97 Å². The molecule has 0 atom stereocenters. The highest BCUT2D eigenvalue weighted by Crippen LogP contribution is 2.38. The van der Waals surface area contributed by atoms with Crippen molar-refractivity contribution in [3.63, 3.8) is 0 Å². The minimum atomic E-state index is -4.89. The predicted molar refractivity (Wildman–Crippen MR) is 111 cm³/mol. The number of methoxy groups -OCH3 is 1. The number of aliphatic hydroxyl groups is 1. The number of rotatable bonds is 8. The second kappa shape index (κ2) is 10.0. The number of alkyl halides is 6. The fourth-order valence-electron chi connectivity index (χ4n) is 2.91. The molecule has 3 N–H and O–H groups in total. The SMILES string of the molecule is COc1ccc(Nc2cc(-c3cccc(OC(F)(F)F)c3)nc(NCCO)n2)cc1C(F)(F)F. The van der Waals surface area contributed by atoms with Gasteiger partial charge in [-0.3, -0.25) is 0 Å². The van der Waals surface area contributed by atoms with Crippen LogP contribution in [0.1, 0.15) is 5.56 Å². The quantitative estimate of drug-likeness (QED) is 0.375. The highest BCUT2D eigenvalue weighted by Gasteiger charge is 2.34. The lowest BCUT2D eigenvalue weighted by molar-refractivity contribution is -0.274. The van der Waals surface area contributed by atoms with Gasteiger partial charge in [-0.1, -0.05) is 12.1 Å². The minimum absolute atomic E-state index is 0.0132. The molecule has 7 nitrogen and oxygen atoms in total.